The van der Waals surface area contributed by atoms with Crippen molar-refractivity contribution in [2.45, 2.75) is 64.5 Å². The Kier molecular flexibility index (Phi) is 9.59. The topological polar surface area (TPSA) is 43.9 Å². The summed E-state index contributed by atoms with van der Waals surface area (Å²) in [7, 11) is 0. The minimum absolute atomic E-state index is 0.0337. The van der Waals surface area contributed by atoms with Gasteiger partial charge in [-0.25, -0.2) is 0 Å². The molecule has 2 aromatic rings. The summed E-state index contributed by atoms with van der Waals surface area (Å²) in [6.07, 6.45) is -7.11. The van der Waals surface area contributed by atoms with Gasteiger partial charge in [-0.05, 0) is 60.1 Å². The molecule has 230 valence electrons. The van der Waals surface area contributed by atoms with Crippen LogP contribution in [0.2, 0.25) is 0 Å². The Labute approximate surface area is 242 Å². The molecule has 0 saturated carbocycles. The molecule has 0 radical (unpaired) electrons. The van der Waals surface area contributed by atoms with E-state index in [1.807, 2.05) is 23.6 Å². The van der Waals surface area contributed by atoms with Gasteiger partial charge in [0.1, 0.15) is 0 Å². The van der Waals surface area contributed by atoms with Gasteiger partial charge in [0, 0.05) is 52.1 Å². The summed E-state index contributed by atoms with van der Waals surface area (Å²) in [4.78, 5) is 30.9. The molecule has 0 aliphatic carbocycles. The van der Waals surface area contributed by atoms with Crippen molar-refractivity contribution in [2.75, 3.05) is 32.7 Å². The fourth-order valence-electron chi connectivity index (χ4n) is 6.09. The zero-order valence-electron chi connectivity index (χ0n) is 24.0. The highest BCUT2D eigenvalue weighted by Gasteiger charge is 2.38. The quantitative estimate of drug-likeness (QED) is 0.351. The van der Waals surface area contributed by atoms with E-state index in [0.717, 1.165) is 37.1 Å². The molecule has 2 heterocycles. The van der Waals surface area contributed by atoms with Crippen LogP contribution in [0.4, 0.5) is 26.3 Å². The second-order valence-corrected chi connectivity index (χ2v) is 11.7. The molecular weight excluding hydrogens is 560 g/mol. The summed E-state index contributed by atoms with van der Waals surface area (Å²) in [6, 6.07) is 8.68. The number of hydrogen-bond donors (Lipinski definition) is 0. The Morgan fingerprint density at radius 1 is 0.786 bits per heavy atom. The van der Waals surface area contributed by atoms with Crippen molar-refractivity contribution < 1.29 is 35.9 Å². The molecule has 0 bridgehead atoms. The molecule has 4 rings (SSSR count). The highest BCUT2D eigenvalue weighted by molar-refractivity contribution is 5.77. The van der Waals surface area contributed by atoms with Crippen molar-refractivity contribution in [2.24, 2.45) is 11.8 Å². The molecule has 2 saturated heterocycles. The lowest BCUT2D eigenvalue weighted by Crippen LogP contribution is -2.58. The molecule has 0 N–H and O–H groups in total. The number of alkyl halides is 6. The lowest BCUT2D eigenvalue weighted by atomic mass is 9.90. The van der Waals surface area contributed by atoms with E-state index in [1.54, 1.807) is 11.8 Å². The SMILES string of the molecule is CC(=O)N1CCC(CC(=O)N2CCN(C(c3ccc(C(F)(F)F)cc3)c3ccc(C(F)(F)F)cc3)C[C@@H]2C(C)C)CC1. The number of rotatable bonds is 6. The van der Waals surface area contributed by atoms with Crippen molar-refractivity contribution in [3.63, 3.8) is 0 Å². The van der Waals surface area contributed by atoms with Crippen LogP contribution in [0.25, 0.3) is 0 Å². The third-order valence-electron chi connectivity index (χ3n) is 8.54. The maximum Gasteiger partial charge on any atom is 0.416 e. The summed E-state index contributed by atoms with van der Waals surface area (Å²) >= 11 is 0. The number of nitrogens with zero attached hydrogens (tertiary/aromatic N) is 3. The number of piperidine rings is 1. The van der Waals surface area contributed by atoms with E-state index in [-0.39, 0.29) is 29.7 Å². The van der Waals surface area contributed by atoms with Crippen LogP contribution in [0.15, 0.2) is 48.5 Å². The predicted molar refractivity (Wildman–Crippen MR) is 146 cm³/mol. The number of benzene rings is 2. The van der Waals surface area contributed by atoms with Gasteiger partial charge in [0.25, 0.3) is 0 Å². The van der Waals surface area contributed by atoms with Crippen molar-refractivity contribution >= 4 is 11.8 Å². The molecule has 0 unspecified atom stereocenters. The lowest BCUT2D eigenvalue weighted by molar-refractivity contribution is -0.140. The molecule has 1 atom stereocenters. The zero-order chi connectivity index (χ0) is 30.8. The van der Waals surface area contributed by atoms with Gasteiger partial charge in [-0.1, -0.05) is 38.1 Å². The van der Waals surface area contributed by atoms with Crippen LogP contribution in [0.3, 0.4) is 0 Å². The van der Waals surface area contributed by atoms with Crippen LogP contribution in [-0.4, -0.2) is 65.3 Å². The maximum absolute atomic E-state index is 13.5. The van der Waals surface area contributed by atoms with E-state index in [4.69, 9.17) is 0 Å². The highest BCUT2D eigenvalue weighted by Crippen LogP contribution is 2.37. The number of amides is 2. The van der Waals surface area contributed by atoms with Crippen LogP contribution >= 0.6 is 0 Å². The fraction of sp³-hybridized carbons (Fsp3) is 0.548. The van der Waals surface area contributed by atoms with Gasteiger partial charge >= 0.3 is 12.4 Å². The third kappa shape index (κ3) is 7.46. The molecule has 2 aliphatic rings. The first kappa shape index (κ1) is 31.8. The maximum atomic E-state index is 13.5. The zero-order valence-corrected chi connectivity index (χ0v) is 24.0. The lowest BCUT2D eigenvalue weighted by Gasteiger charge is -2.47. The summed E-state index contributed by atoms with van der Waals surface area (Å²) < 4.78 is 79.6. The van der Waals surface area contributed by atoms with E-state index < -0.39 is 29.5 Å². The number of carbonyl (C=O) groups excluding carboxylic acids is 2. The molecule has 42 heavy (non-hydrogen) atoms. The Bertz CT molecular complexity index is 1160. The van der Waals surface area contributed by atoms with Gasteiger partial charge in [0.15, 0.2) is 0 Å². The Morgan fingerprint density at radius 2 is 1.26 bits per heavy atom. The van der Waals surface area contributed by atoms with Crippen molar-refractivity contribution in [3.8, 4) is 0 Å². The van der Waals surface area contributed by atoms with E-state index in [0.29, 0.717) is 50.3 Å². The van der Waals surface area contributed by atoms with Crippen LogP contribution in [-0.2, 0) is 21.9 Å². The molecule has 0 spiro atoms. The monoisotopic (exact) mass is 597 g/mol. The van der Waals surface area contributed by atoms with E-state index >= 15 is 0 Å². The average Bonchev–Trinajstić information content (AvgIpc) is 2.93. The minimum Gasteiger partial charge on any atom is -0.343 e. The minimum atomic E-state index is -4.51. The molecule has 0 aromatic heterocycles. The third-order valence-corrected chi connectivity index (χ3v) is 8.54. The van der Waals surface area contributed by atoms with Crippen LogP contribution in [0, 0.1) is 11.8 Å². The predicted octanol–water partition coefficient (Wildman–Crippen LogP) is 6.63. The van der Waals surface area contributed by atoms with Gasteiger partial charge in [-0.15, -0.1) is 0 Å². The molecule has 5 nitrogen and oxygen atoms in total. The summed E-state index contributed by atoms with van der Waals surface area (Å²) in [5.74, 6) is 0.324. The Hall–Kier alpha value is -3.08. The number of carbonyl (C=O) groups is 2. The van der Waals surface area contributed by atoms with Gasteiger partial charge in [0.2, 0.25) is 11.8 Å². The number of halogens is 6. The number of hydrogen-bond acceptors (Lipinski definition) is 3. The van der Waals surface area contributed by atoms with E-state index in [9.17, 15) is 35.9 Å². The molecule has 2 aromatic carbocycles. The van der Waals surface area contributed by atoms with Crippen molar-refractivity contribution in [3.05, 3.63) is 70.8 Å². The summed E-state index contributed by atoms with van der Waals surface area (Å²) in [6.45, 7) is 8.04. The van der Waals surface area contributed by atoms with Crippen molar-refractivity contribution in [1.29, 1.82) is 0 Å². The van der Waals surface area contributed by atoms with Crippen LogP contribution in [0.5, 0.6) is 0 Å². The van der Waals surface area contributed by atoms with Gasteiger partial charge in [-0.3, -0.25) is 14.5 Å². The average molecular weight is 598 g/mol. The molecule has 2 amide bonds. The van der Waals surface area contributed by atoms with Crippen molar-refractivity contribution in [1.82, 2.24) is 14.7 Å². The Balaban J connectivity index is 1.56. The molecule has 11 heteroatoms. The summed E-state index contributed by atoms with van der Waals surface area (Å²) in [5.41, 5.74) is -0.548. The first-order chi connectivity index (χ1) is 19.6. The normalized spacial score (nSPS) is 19.5. The largest absolute Gasteiger partial charge is 0.416 e. The molecular formula is C31H37F6N3O2. The van der Waals surface area contributed by atoms with Gasteiger partial charge < -0.3 is 9.80 Å². The fourth-order valence-corrected chi connectivity index (χ4v) is 6.09. The Morgan fingerprint density at radius 3 is 1.67 bits per heavy atom. The van der Waals surface area contributed by atoms with E-state index in [1.165, 1.54) is 24.3 Å². The van der Waals surface area contributed by atoms with Crippen LogP contribution in [0.1, 0.15) is 68.3 Å². The standard InChI is InChI=1S/C31H37F6N3O2/c1-20(2)27-19-39(16-17-40(27)28(42)18-22-12-14-38(15-13-22)21(3)41)29(23-4-8-25(9-5-23)30(32,33)34)24-6-10-26(11-7-24)31(35,36)37/h4-11,20,22,27,29H,12-19H2,1-3H3/t27-/m1/s1. The van der Waals surface area contributed by atoms with E-state index in [2.05, 4.69) is 0 Å². The number of likely N-dealkylation sites (tertiary alicyclic amines) is 1. The first-order valence-corrected chi connectivity index (χ1v) is 14.3. The smallest absolute Gasteiger partial charge is 0.343 e. The molecule has 2 aliphatic heterocycles. The second-order valence-electron chi connectivity index (χ2n) is 11.7. The molecule has 2 fully saturated rings. The first-order valence-electron chi connectivity index (χ1n) is 14.3. The second kappa shape index (κ2) is 12.7. The number of piperazine rings is 1. The van der Waals surface area contributed by atoms with Gasteiger partial charge in [0.05, 0.1) is 17.2 Å². The van der Waals surface area contributed by atoms with Crippen LogP contribution < -0.4 is 0 Å². The summed E-state index contributed by atoms with van der Waals surface area (Å²) in [5, 5.41) is 0. The van der Waals surface area contributed by atoms with Gasteiger partial charge in [-0.2, -0.15) is 26.3 Å². The highest BCUT2D eigenvalue weighted by atomic mass is 19.4.